The number of hydrogen-bond acceptors (Lipinski definition) is 3. The number of rotatable bonds is 4. The Kier molecular flexibility index (Phi) is 4.18. The first-order valence-corrected chi connectivity index (χ1v) is 6.52. The zero-order valence-electron chi connectivity index (χ0n) is 9.86. The summed E-state index contributed by atoms with van der Waals surface area (Å²) in [5, 5.41) is 0. The quantitative estimate of drug-likeness (QED) is 0.801. The van der Waals surface area contributed by atoms with Crippen LogP contribution in [0.4, 0.5) is 5.69 Å². The fourth-order valence-electron chi connectivity index (χ4n) is 2.25. The number of carbonyl (C=O) groups is 1. The summed E-state index contributed by atoms with van der Waals surface area (Å²) in [6, 6.07) is 5.87. The van der Waals surface area contributed by atoms with Gasteiger partial charge in [-0.3, -0.25) is 4.79 Å². The third kappa shape index (κ3) is 2.87. The Balaban J connectivity index is 2.08. The van der Waals surface area contributed by atoms with Crippen molar-refractivity contribution in [2.75, 3.05) is 31.7 Å². The first-order chi connectivity index (χ1) is 8.24. The maximum absolute atomic E-state index is 10.7. The van der Waals surface area contributed by atoms with Gasteiger partial charge in [-0.2, -0.15) is 0 Å². The summed E-state index contributed by atoms with van der Waals surface area (Å²) in [5.74, 6) is 0.615. The molecule has 3 nitrogen and oxygen atoms in total. The van der Waals surface area contributed by atoms with Crippen molar-refractivity contribution in [3.63, 3.8) is 0 Å². The van der Waals surface area contributed by atoms with Gasteiger partial charge >= 0.3 is 0 Å². The number of hydrogen-bond donors (Lipinski definition) is 0. The lowest BCUT2D eigenvalue weighted by atomic mass is 10.1. The van der Waals surface area contributed by atoms with E-state index >= 15 is 0 Å². The minimum atomic E-state index is 0.615. The summed E-state index contributed by atoms with van der Waals surface area (Å²) in [6.07, 6.45) is 2.03. The van der Waals surface area contributed by atoms with E-state index < -0.39 is 0 Å². The zero-order chi connectivity index (χ0) is 12.3. The van der Waals surface area contributed by atoms with Crippen LogP contribution in [0.2, 0.25) is 0 Å². The maximum Gasteiger partial charge on any atom is 0.151 e. The predicted molar refractivity (Wildman–Crippen MR) is 71.7 cm³/mol. The Morgan fingerprint density at radius 3 is 3.06 bits per heavy atom. The molecule has 0 bridgehead atoms. The molecule has 0 spiro atoms. The number of halogens is 1. The van der Waals surface area contributed by atoms with Crippen LogP contribution < -0.4 is 4.90 Å². The van der Waals surface area contributed by atoms with Gasteiger partial charge in [0.2, 0.25) is 0 Å². The molecule has 1 fully saturated rings. The molecule has 0 aromatic heterocycles. The Bertz CT molecular complexity index is 408. The minimum absolute atomic E-state index is 0.615. The van der Waals surface area contributed by atoms with Crippen molar-refractivity contribution in [2.24, 2.45) is 5.92 Å². The second-order valence-electron chi connectivity index (χ2n) is 4.38. The molecule has 1 saturated heterocycles. The fourth-order valence-corrected chi connectivity index (χ4v) is 2.71. The molecular formula is C13H16BrNO2. The van der Waals surface area contributed by atoms with E-state index in [0.717, 1.165) is 30.5 Å². The highest BCUT2D eigenvalue weighted by Crippen LogP contribution is 2.27. The molecule has 1 aromatic rings. The molecule has 1 aliphatic heterocycles. The summed E-state index contributed by atoms with van der Waals surface area (Å²) in [6.45, 7) is 2.91. The van der Waals surface area contributed by atoms with Crippen LogP contribution in [-0.2, 0) is 4.74 Å². The van der Waals surface area contributed by atoms with Gasteiger partial charge in [0, 0.05) is 41.8 Å². The smallest absolute Gasteiger partial charge is 0.151 e. The molecule has 17 heavy (non-hydrogen) atoms. The summed E-state index contributed by atoms with van der Waals surface area (Å²) < 4.78 is 6.05. The van der Waals surface area contributed by atoms with Crippen LogP contribution in [0.15, 0.2) is 22.7 Å². The van der Waals surface area contributed by atoms with E-state index in [0.29, 0.717) is 11.5 Å². The van der Waals surface area contributed by atoms with Crippen LogP contribution in [0.3, 0.4) is 0 Å². The molecule has 1 unspecified atom stereocenters. The van der Waals surface area contributed by atoms with E-state index in [1.54, 1.807) is 7.11 Å². The Hall–Kier alpha value is -0.870. The van der Waals surface area contributed by atoms with Gasteiger partial charge in [-0.15, -0.1) is 0 Å². The highest BCUT2D eigenvalue weighted by molar-refractivity contribution is 9.10. The van der Waals surface area contributed by atoms with Crippen LogP contribution in [0.25, 0.3) is 0 Å². The van der Waals surface area contributed by atoms with Crippen molar-refractivity contribution in [1.29, 1.82) is 0 Å². The average Bonchev–Trinajstić information content (AvgIpc) is 2.78. The third-order valence-electron chi connectivity index (χ3n) is 3.16. The van der Waals surface area contributed by atoms with Crippen molar-refractivity contribution in [3.05, 3.63) is 28.2 Å². The number of nitrogens with zero attached hydrogens (tertiary/aromatic N) is 1. The van der Waals surface area contributed by atoms with Crippen LogP contribution in [-0.4, -0.2) is 33.1 Å². The first-order valence-electron chi connectivity index (χ1n) is 5.73. The standard InChI is InChI=1S/C13H16BrNO2/c1-17-9-10-4-5-15(7-10)12-3-2-11(8-16)13(14)6-12/h2-3,6,8,10H,4-5,7,9H2,1H3. The van der Waals surface area contributed by atoms with E-state index in [1.165, 1.54) is 12.1 Å². The Morgan fingerprint density at radius 2 is 2.41 bits per heavy atom. The summed E-state index contributed by atoms with van der Waals surface area (Å²) in [7, 11) is 1.75. The fraction of sp³-hybridized carbons (Fsp3) is 0.462. The molecule has 2 rings (SSSR count). The SMILES string of the molecule is COCC1CCN(c2ccc(C=O)c(Br)c2)C1. The van der Waals surface area contributed by atoms with Crippen LogP contribution >= 0.6 is 15.9 Å². The molecule has 0 aliphatic carbocycles. The topological polar surface area (TPSA) is 29.5 Å². The lowest BCUT2D eigenvalue weighted by Gasteiger charge is -2.19. The van der Waals surface area contributed by atoms with E-state index in [-0.39, 0.29) is 0 Å². The number of aldehydes is 1. The molecule has 1 aliphatic rings. The number of ether oxygens (including phenoxy) is 1. The normalized spacial score (nSPS) is 19.6. The Labute approximate surface area is 110 Å². The highest BCUT2D eigenvalue weighted by atomic mass is 79.9. The highest BCUT2D eigenvalue weighted by Gasteiger charge is 2.22. The van der Waals surface area contributed by atoms with Crippen LogP contribution in [0.5, 0.6) is 0 Å². The monoisotopic (exact) mass is 297 g/mol. The van der Waals surface area contributed by atoms with Crippen molar-refractivity contribution in [1.82, 2.24) is 0 Å². The molecule has 0 amide bonds. The van der Waals surface area contributed by atoms with Gasteiger partial charge < -0.3 is 9.64 Å². The number of anilines is 1. The van der Waals surface area contributed by atoms with Gasteiger partial charge in [-0.1, -0.05) is 0 Å². The summed E-state index contributed by atoms with van der Waals surface area (Å²) in [5.41, 5.74) is 1.86. The second-order valence-corrected chi connectivity index (χ2v) is 5.23. The average molecular weight is 298 g/mol. The summed E-state index contributed by atoms with van der Waals surface area (Å²) in [4.78, 5) is 13.1. The minimum Gasteiger partial charge on any atom is -0.384 e. The van der Waals surface area contributed by atoms with Gasteiger partial charge in [-0.05, 0) is 40.5 Å². The molecule has 0 saturated carbocycles. The van der Waals surface area contributed by atoms with Gasteiger partial charge in [0.15, 0.2) is 6.29 Å². The zero-order valence-corrected chi connectivity index (χ0v) is 11.4. The number of methoxy groups -OCH3 is 1. The lowest BCUT2D eigenvalue weighted by molar-refractivity contribution is 0.112. The molecule has 0 radical (unpaired) electrons. The predicted octanol–water partition coefficient (Wildman–Crippen LogP) is 2.73. The van der Waals surface area contributed by atoms with Crippen molar-refractivity contribution < 1.29 is 9.53 Å². The van der Waals surface area contributed by atoms with Gasteiger partial charge in [0.05, 0.1) is 6.61 Å². The molecule has 1 aromatic carbocycles. The van der Waals surface area contributed by atoms with Crippen LogP contribution in [0.1, 0.15) is 16.8 Å². The first kappa shape index (κ1) is 12.6. The second kappa shape index (κ2) is 5.65. The molecule has 92 valence electrons. The number of carbonyl (C=O) groups excluding carboxylic acids is 1. The lowest BCUT2D eigenvalue weighted by Crippen LogP contribution is -2.20. The largest absolute Gasteiger partial charge is 0.384 e. The maximum atomic E-state index is 10.7. The van der Waals surface area contributed by atoms with Gasteiger partial charge in [-0.25, -0.2) is 0 Å². The van der Waals surface area contributed by atoms with E-state index in [9.17, 15) is 4.79 Å². The third-order valence-corrected chi connectivity index (χ3v) is 3.85. The van der Waals surface area contributed by atoms with E-state index in [2.05, 4.69) is 20.8 Å². The van der Waals surface area contributed by atoms with Crippen LogP contribution in [0, 0.1) is 5.92 Å². The van der Waals surface area contributed by atoms with E-state index in [4.69, 9.17) is 4.74 Å². The van der Waals surface area contributed by atoms with Gasteiger partial charge in [0.1, 0.15) is 0 Å². The number of benzene rings is 1. The van der Waals surface area contributed by atoms with Crippen molar-refractivity contribution in [2.45, 2.75) is 6.42 Å². The van der Waals surface area contributed by atoms with E-state index in [1.807, 2.05) is 18.2 Å². The van der Waals surface area contributed by atoms with Crippen molar-refractivity contribution in [3.8, 4) is 0 Å². The summed E-state index contributed by atoms with van der Waals surface area (Å²) >= 11 is 3.42. The Morgan fingerprint density at radius 1 is 1.59 bits per heavy atom. The molecule has 1 heterocycles. The van der Waals surface area contributed by atoms with Gasteiger partial charge in [0.25, 0.3) is 0 Å². The molecular weight excluding hydrogens is 282 g/mol. The molecule has 0 N–H and O–H groups in total. The molecule has 4 heteroatoms. The molecule has 1 atom stereocenters. The van der Waals surface area contributed by atoms with Crippen molar-refractivity contribution >= 4 is 27.9 Å².